The Morgan fingerprint density at radius 2 is 2.00 bits per heavy atom. The Kier molecular flexibility index (Phi) is 5.43. The lowest BCUT2D eigenvalue weighted by atomic mass is 9.98. The molecule has 2 aromatic heterocycles. The fourth-order valence-electron chi connectivity index (χ4n) is 4.05. The number of rotatable bonds is 5. The SMILES string of the molecule is CCOC(=O)[C@H]1CCCN(C(=O)c2cc3oc(C)cc3n2Cc2ccccc2)C1. The molecule has 1 aromatic carbocycles. The highest BCUT2D eigenvalue weighted by Gasteiger charge is 2.31. The molecule has 3 aromatic rings. The zero-order valence-electron chi connectivity index (χ0n) is 16.9. The van der Waals surface area contributed by atoms with Gasteiger partial charge in [-0.1, -0.05) is 30.3 Å². The van der Waals surface area contributed by atoms with Crippen LogP contribution in [0.5, 0.6) is 0 Å². The number of nitrogens with zero attached hydrogens (tertiary/aromatic N) is 2. The summed E-state index contributed by atoms with van der Waals surface area (Å²) in [5.41, 5.74) is 3.32. The largest absolute Gasteiger partial charge is 0.466 e. The van der Waals surface area contributed by atoms with Crippen molar-refractivity contribution in [2.24, 2.45) is 5.92 Å². The van der Waals surface area contributed by atoms with E-state index in [1.54, 1.807) is 11.8 Å². The summed E-state index contributed by atoms with van der Waals surface area (Å²) in [5, 5.41) is 0. The number of fused-ring (bicyclic) bond motifs is 1. The van der Waals surface area contributed by atoms with Crippen molar-refractivity contribution in [3.8, 4) is 0 Å². The number of amides is 1. The molecule has 1 atom stereocenters. The van der Waals surface area contributed by atoms with E-state index < -0.39 is 0 Å². The molecule has 0 saturated carbocycles. The number of piperidine rings is 1. The lowest BCUT2D eigenvalue weighted by molar-refractivity contribution is -0.149. The molecule has 0 unspecified atom stereocenters. The molecule has 1 saturated heterocycles. The number of ether oxygens (including phenoxy) is 1. The molecular formula is C23H26N2O4. The Morgan fingerprint density at radius 3 is 2.76 bits per heavy atom. The summed E-state index contributed by atoms with van der Waals surface area (Å²) in [6.45, 7) is 5.69. The molecule has 6 heteroatoms. The number of furan rings is 1. The van der Waals surface area contributed by atoms with Crippen molar-refractivity contribution in [1.82, 2.24) is 9.47 Å². The van der Waals surface area contributed by atoms with Crippen LogP contribution >= 0.6 is 0 Å². The maximum absolute atomic E-state index is 13.4. The maximum Gasteiger partial charge on any atom is 0.310 e. The first kappa shape index (κ1) is 19.3. The van der Waals surface area contributed by atoms with E-state index in [9.17, 15) is 9.59 Å². The molecule has 152 valence electrons. The third-order valence-electron chi connectivity index (χ3n) is 5.44. The molecule has 0 spiro atoms. The molecule has 0 bridgehead atoms. The number of hydrogen-bond acceptors (Lipinski definition) is 4. The summed E-state index contributed by atoms with van der Waals surface area (Å²) >= 11 is 0. The van der Waals surface area contributed by atoms with E-state index in [1.165, 1.54) is 0 Å². The first-order valence-electron chi connectivity index (χ1n) is 10.2. The van der Waals surface area contributed by atoms with Gasteiger partial charge in [-0.05, 0) is 32.3 Å². The fourth-order valence-corrected chi connectivity index (χ4v) is 4.05. The van der Waals surface area contributed by atoms with E-state index >= 15 is 0 Å². The summed E-state index contributed by atoms with van der Waals surface area (Å²) in [6, 6.07) is 13.8. The second-order valence-electron chi connectivity index (χ2n) is 7.55. The molecule has 0 aliphatic carbocycles. The molecule has 29 heavy (non-hydrogen) atoms. The van der Waals surface area contributed by atoms with Crippen molar-refractivity contribution in [3.05, 3.63) is 59.5 Å². The van der Waals surface area contributed by atoms with E-state index in [2.05, 4.69) is 0 Å². The van der Waals surface area contributed by atoms with Gasteiger partial charge in [-0.15, -0.1) is 0 Å². The van der Waals surface area contributed by atoms with Gasteiger partial charge in [0.15, 0.2) is 5.58 Å². The molecule has 1 fully saturated rings. The van der Waals surface area contributed by atoms with Crippen LogP contribution in [0.25, 0.3) is 11.1 Å². The summed E-state index contributed by atoms with van der Waals surface area (Å²) in [5.74, 6) is 0.277. The van der Waals surface area contributed by atoms with Gasteiger partial charge in [-0.25, -0.2) is 0 Å². The number of carbonyl (C=O) groups excluding carboxylic acids is 2. The smallest absolute Gasteiger partial charge is 0.310 e. The van der Waals surface area contributed by atoms with Crippen LogP contribution in [-0.2, 0) is 16.1 Å². The highest BCUT2D eigenvalue weighted by atomic mass is 16.5. The predicted octanol–water partition coefficient (Wildman–Crippen LogP) is 4.01. The Hall–Kier alpha value is -3.02. The molecule has 0 N–H and O–H groups in total. The zero-order chi connectivity index (χ0) is 20.4. The average Bonchev–Trinajstić information content (AvgIpc) is 3.25. The number of benzene rings is 1. The van der Waals surface area contributed by atoms with Crippen molar-refractivity contribution < 1.29 is 18.7 Å². The van der Waals surface area contributed by atoms with Crippen LogP contribution in [0.3, 0.4) is 0 Å². The Bertz CT molecular complexity index is 1020. The molecule has 0 radical (unpaired) electrons. The summed E-state index contributed by atoms with van der Waals surface area (Å²) in [4.78, 5) is 27.3. The van der Waals surface area contributed by atoms with Crippen LogP contribution < -0.4 is 0 Å². The zero-order valence-corrected chi connectivity index (χ0v) is 16.9. The van der Waals surface area contributed by atoms with E-state index in [1.807, 2.05) is 54.0 Å². The summed E-state index contributed by atoms with van der Waals surface area (Å²) < 4.78 is 13.0. The second-order valence-corrected chi connectivity index (χ2v) is 7.55. The third kappa shape index (κ3) is 3.92. The Balaban J connectivity index is 1.64. The number of likely N-dealkylation sites (tertiary alicyclic amines) is 1. The van der Waals surface area contributed by atoms with Gasteiger partial charge in [-0.2, -0.15) is 0 Å². The topological polar surface area (TPSA) is 64.7 Å². The van der Waals surface area contributed by atoms with Crippen LogP contribution in [0.2, 0.25) is 0 Å². The first-order chi connectivity index (χ1) is 14.1. The summed E-state index contributed by atoms with van der Waals surface area (Å²) in [6.07, 6.45) is 1.55. The Labute approximate surface area is 170 Å². The van der Waals surface area contributed by atoms with Gasteiger partial charge >= 0.3 is 5.97 Å². The van der Waals surface area contributed by atoms with Gasteiger partial charge in [0.2, 0.25) is 0 Å². The lowest BCUT2D eigenvalue weighted by Crippen LogP contribution is -2.43. The van der Waals surface area contributed by atoms with Crippen molar-refractivity contribution in [3.63, 3.8) is 0 Å². The maximum atomic E-state index is 13.4. The van der Waals surface area contributed by atoms with E-state index in [0.717, 1.165) is 29.7 Å². The molecular weight excluding hydrogens is 368 g/mol. The molecule has 6 nitrogen and oxygen atoms in total. The van der Waals surface area contributed by atoms with Crippen LogP contribution in [0, 0.1) is 12.8 Å². The fraction of sp³-hybridized carbons (Fsp3) is 0.391. The van der Waals surface area contributed by atoms with E-state index in [4.69, 9.17) is 9.15 Å². The minimum atomic E-state index is -0.254. The molecule has 1 amide bonds. The summed E-state index contributed by atoms with van der Waals surface area (Å²) in [7, 11) is 0. The lowest BCUT2D eigenvalue weighted by Gasteiger charge is -2.31. The van der Waals surface area contributed by atoms with E-state index in [0.29, 0.717) is 37.5 Å². The highest BCUT2D eigenvalue weighted by Crippen LogP contribution is 2.27. The number of hydrogen-bond donors (Lipinski definition) is 0. The van der Waals surface area contributed by atoms with Gasteiger partial charge in [0.05, 0.1) is 18.0 Å². The van der Waals surface area contributed by atoms with Crippen LogP contribution in [0.15, 0.2) is 46.9 Å². The minimum Gasteiger partial charge on any atom is -0.466 e. The van der Waals surface area contributed by atoms with Gasteiger partial charge in [0, 0.05) is 31.8 Å². The van der Waals surface area contributed by atoms with Crippen molar-refractivity contribution in [2.45, 2.75) is 33.2 Å². The van der Waals surface area contributed by atoms with Gasteiger partial charge in [-0.3, -0.25) is 9.59 Å². The van der Waals surface area contributed by atoms with E-state index in [-0.39, 0.29) is 17.8 Å². The van der Waals surface area contributed by atoms with Crippen LogP contribution in [0.4, 0.5) is 0 Å². The quantitative estimate of drug-likeness (QED) is 0.614. The number of carbonyl (C=O) groups is 2. The van der Waals surface area contributed by atoms with Gasteiger partial charge in [0.25, 0.3) is 5.91 Å². The van der Waals surface area contributed by atoms with Crippen LogP contribution in [-0.4, -0.2) is 41.0 Å². The predicted molar refractivity (Wildman–Crippen MR) is 110 cm³/mol. The number of aryl methyl sites for hydroxylation is 1. The van der Waals surface area contributed by atoms with Crippen molar-refractivity contribution in [1.29, 1.82) is 0 Å². The monoisotopic (exact) mass is 394 g/mol. The Morgan fingerprint density at radius 1 is 1.21 bits per heavy atom. The third-order valence-corrected chi connectivity index (χ3v) is 5.44. The number of aromatic nitrogens is 1. The normalized spacial score (nSPS) is 16.9. The second kappa shape index (κ2) is 8.15. The highest BCUT2D eigenvalue weighted by molar-refractivity contribution is 5.98. The molecule has 1 aliphatic rings. The number of esters is 1. The van der Waals surface area contributed by atoms with Gasteiger partial charge in [0.1, 0.15) is 11.5 Å². The van der Waals surface area contributed by atoms with Crippen molar-refractivity contribution >= 4 is 23.0 Å². The standard InChI is InChI=1S/C23H26N2O4/c1-3-28-23(27)18-10-7-11-24(15-18)22(26)20-13-21-19(12-16(2)29-21)25(20)14-17-8-5-4-6-9-17/h4-6,8-9,12-13,18H,3,7,10-11,14-15H2,1-2H3/t18-/m0/s1. The van der Waals surface area contributed by atoms with Crippen LogP contribution in [0.1, 0.15) is 41.6 Å². The minimum absolute atomic E-state index is 0.0704. The average molecular weight is 394 g/mol. The molecule has 1 aliphatic heterocycles. The molecule has 3 heterocycles. The first-order valence-corrected chi connectivity index (χ1v) is 10.2. The van der Waals surface area contributed by atoms with Crippen molar-refractivity contribution in [2.75, 3.05) is 19.7 Å². The molecule has 4 rings (SSSR count). The van der Waals surface area contributed by atoms with Gasteiger partial charge < -0.3 is 18.6 Å².